The van der Waals surface area contributed by atoms with Gasteiger partial charge in [0.05, 0.1) is 30.9 Å². The summed E-state index contributed by atoms with van der Waals surface area (Å²) in [5.41, 5.74) is 0.574. The number of nitriles is 1. The number of unbranched alkanes of at least 4 members (excludes halogenated alkanes) is 1. The minimum Gasteiger partial charge on any atom is -0.473 e. The van der Waals surface area contributed by atoms with E-state index in [1.54, 1.807) is 17.0 Å². The predicted molar refractivity (Wildman–Crippen MR) is 116 cm³/mol. The number of aliphatic hydroxyl groups excluding tert-OH is 1. The van der Waals surface area contributed by atoms with Crippen LogP contribution in [0.5, 0.6) is 5.88 Å². The number of halogens is 1. The number of carbonyl (C=O) groups is 1. The van der Waals surface area contributed by atoms with Crippen LogP contribution in [0, 0.1) is 17.1 Å². The van der Waals surface area contributed by atoms with Gasteiger partial charge < -0.3 is 19.5 Å². The van der Waals surface area contributed by atoms with Gasteiger partial charge in [-0.2, -0.15) is 10.2 Å². The SMILES string of the molecule is CCCCOC(=O)N1CCN(c2cccc(OCc3ccc(C#N)cc3F)n2)CC1CO. The molecule has 0 bridgehead atoms. The number of hydrogen-bond donors (Lipinski definition) is 1. The Bertz CT molecular complexity index is 965. The van der Waals surface area contributed by atoms with Gasteiger partial charge in [0, 0.05) is 31.3 Å². The van der Waals surface area contributed by atoms with Crippen molar-refractivity contribution in [3.63, 3.8) is 0 Å². The molecule has 0 radical (unpaired) electrons. The number of carbonyl (C=O) groups excluding carboxylic acids is 1. The molecule has 32 heavy (non-hydrogen) atoms. The van der Waals surface area contributed by atoms with E-state index in [-0.39, 0.29) is 18.8 Å². The fourth-order valence-corrected chi connectivity index (χ4v) is 3.39. The third kappa shape index (κ3) is 5.86. The molecule has 8 nitrogen and oxygen atoms in total. The van der Waals surface area contributed by atoms with Gasteiger partial charge in [0.1, 0.15) is 18.2 Å². The second-order valence-corrected chi connectivity index (χ2v) is 7.48. The van der Waals surface area contributed by atoms with Gasteiger partial charge in [0.15, 0.2) is 0 Å². The molecule has 1 aliphatic heterocycles. The number of rotatable bonds is 8. The third-order valence-electron chi connectivity index (χ3n) is 5.24. The van der Waals surface area contributed by atoms with Crippen molar-refractivity contribution in [3.05, 3.63) is 53.3 Å². The van der Waals surface area contributed by atoms with Crippen molar-refractivity contribution in [2.24, 2.45) is 0 Å². The van der Waals surface area contributed by atoms with Crippen molar-refractivity contribution in [2.45, 2.75) is 32.4 Å². The van der Waals surface area contributed by atoms with E-state index in [9.17, 15) is 14.3 Å². The molecule has 9 heteroatoms. The lowest BCUT2D eigenvalue weighted by molar-refractivity contribution is 0.0632. The zero-order valence-electron chi connectivity index (χ0n) is 18.0. The summed E-state index contributed by atoms with van der Waals surface area (Å²) < 4.78 is 25.0. The van der Waals surface area contributed by atoms with Crippen LogP contribution in [0.2, 0.25) is 0 Å². The molecule has 1 unspecified atom stereocenters. The Balaban J connectivity index is 1.61. The highest BCUT2D eigenvalue weighted by Crippen LogP contribution is 2.21. The molecule has 1 saturated heterocycles. The summed E-state index contributed by atoms with van der Waals surface area (Å²) in [7, 11) is 0. The van der Waals surface area contributed by atoms with Crippen molar-refractivity contribution in [3.8, 4) is 11.9 Å². The van der Waals surface area contributed by atoms with Crippen molar-refractivity contribution >= 4 is 11.9 Å². The molecule has 0 aliphatic carbocycles. The lowest BCUT2D eigenvalue weighted by Gasteiger charge is -2.40. The topological polar surface area (TPSA) is 98.9 Å². The van der Waals surface area contributed by atoms with Crippen molar-refractivity contribution in [1.82, 2.24) is 9.88 Å². The first-order valence-electron chi connectivity index (χ1n) is 10.6. The first kappa shape index (κ1) is 23.3. The Hall–Kier alpha value is -3.38. The second kappa shape index (κ2) is 11.3. The molecule has 1 aromatic carbocycles. The molecular weight excluding hydrogens is 415 g/mol. The van der Waals surface area contributed by atoms with Gasteiger partial charge in [-0.25, -0.2) is 9.18 Å². The highest BCUT2D eigenvalue weighted by Gasteiger charge is 2.31. The molecular formula is C23H27FN4O4. The number of ether oxygens (including phenoxy) is 2. The lowest BCUT2D eigenvalue weighted by Crippen LogP contribution is -2.57. The van der Waals surface area contributed by atoms with E-state index >= 15 is 0 Å². The standard InChI is InChI=1S/C23H27FN4O4/c1-2-3-11-31-23(30)28-10-9-27(14-19(28)15-29)21-5-4-6-22(26-21)32-16-18-8-7-17(13-25)12-20(18)24/h4-8,12,19,29H,2-3,9-11,14-16H2,1H3. The molecule has 2 heterocycles. The highest BCUT2D eigenvalue weighted by molar-refractivity contribution is 5.68. The molecule has 1 amide bonds. The molecule has 1 atom stereocenters. The van der Waals surface area contributed by atoms with Gasteiger partial charge in [-0.3, -0.25) is 4.90 Å². The second-order valence-electron chi connectivity index (χ2n) is 7.48. The fourth-order valence-electron chi connectivity index (χ4n) is 3.39. The summed E-state index contributed by atoms with van der Waals surface area (Å²) in [6, 6.07) is 11.0. The van der Waals surface area contributed by atoms with Crippen molar-refractivity contribution in [2.75, 3.05) is 37.7 Å². The van der Waals surface area contributed by atoms with Crippen LogP contribution >= 0.6 is 0 Å². The van der Waals surface area contributed by atoms with Crippen LogP contribution in [0.3, 0.4) is 0 Å². The Labute approximate surface area is 186 Å². The normalized spacial score (nSPS) is 15.9. The smallest absolute Gasteiger partial charge is 0.410 e. The molecule has 1 aliphatic rings. The summed E-state index contributed by atoms with van der Waals surface area (Å²) in [6.07, 6.45) is 1.33. The maximum Gasteiger partial charge on any atom is 0.410 e. The average molecular weight is 442 g/mol. The molecule has 170 valence electrons. The van der Waals surface area contributed by atoms with E-state index in [4.69, 9.17) is 14.7 Å². The predicted octanol–water partition coefficient (Wildman–Crippen LogP) is 3.09. The lowest BCUT2D eigenvalue weighted by atomic mass is 10.1. The summed E-state index contributed by atoms with van der Waals surface area (Å²) in [6.45, 7) is 3.51. The number of aliphatic hydroxyl groups is 1. The highest BCUT2D eigenvalue weighted by atomic mass is 19.1. The quantitative estimate of drug-likeness (QED) is 0.627. The zero-order chi connectivity index (χ0) is 22.9. The summed E-state index contributed by atoms with van der Waals surface area (Å²) >= 11 is 0. The van der Waals surface area contributed by atoms with Gasteiger partial charge in [-0.1, -0.05) is 25.5 Å². The molecule has 1 fully saturated rings. The van der Waals surface area contributed by atoms with Crippen LogP contribution in [-0.2, 0) is 11.3 Å². The molecule has 1 aromatic heterocycles. The third-order valence-corrected chi connectivity index (χ3v) is 5.24. The van der Waals surface area contributed by atoms with Crippen molar-refractivity contribution < 1.29 is 23.8 Å². The Kier molecular flexibility index (Phi) is 8.22. The number of benzene rings is 1. The van der Waals surface area contributed by atoms with Crippen LogP contribution < -0.4 is 9.64 Å². The Morgan fingerprint density at radius 3 is 2.91 bits per heavy atom. The van der Waals surface area contributed by atoms with Crippen molar-refractivity contribution in [1.29, 1.82) is 5.26 Å². The number of anilines is 1. The summed E-state index contributed by atoms with van der Waals surface area (Å²) in [5.74, 6) is 0.460. The van der Waals surface area contributed by atoms with Gasteiger partial charge in [-0.15, -0.1) is 0 Å². The van der Waals surface area contributed by atoms with E-state index in [0.717, 1.165) is 12.8 Å². The number of hydrogen-bond acceptors (Lipinski definition) is 7. The maximum absolute atomic E-state index is 14.1. The number of piperazine rings is 1. The summed E-state index contributed by atoms with van der Waals surface area (Å²) in [5, 5.41) is 18.6. The first-order valence-corrected chi connectivity index (χ1v) is 10.6. The monoisotopic (exact) mass is 442 g/mol. The number of pyridine rings is 1. The van der Waals surface area contributed by atoms with Crippen LogP contribution in [0.4, 0.5) is 15.0 Å². The van der Waals surface area contributed by atoms with Gasteiger partial charge in [-0.05, 0) is 24.6 Å². The maximum atomic E-state index is 14.1. The van der Waals surface area contributed by atoms with E-state index in [1.807, 2.05) is 24.0 Å². The molecule has 0 saturated carbocycles. The van der Waals surface area contributed by atoms with E-state index in [0.29, 0.717) is 43.5 Å². The van der Waals surface area contributed by atoms with Crippen LogP contribution in [-0.4, -0.2) is 60.0 Å². The van der Waals surface area contributed by atoms with E-state index < -0.39 is 18.0 Å². The average Bonchev–Trinajstić information content (AvgIpc) is 2.83. The molecule has 3 rings (SSSR count). The van der Waals surface area contributed by atoms with Crippen LogP contribution in [0.1, 0.15) is 30.9 Å². The zero-order valence-corrected chi connectivity index (χ0v) is 18.0. The van der Waals surface area contributed by atoms with Gasteiger partial charge in [0.25, 0.3) is 0 Å². The van der Waals surface area contributed by atoms with Crippen LogP contribution in [0.15, 0.2) is 36.4 Å². The van der Waals surface area contributed by atoms with Gasteiger partial charge in [0.2, 0.25) is 5.88 Å². The largest absolute Gasteiger partial charge is 0.473 e. The minimum absolute atomic E-state index is 0.0232. The number of amides is 1. The molecule has 1 N–H and O–H groups in total. The number of nitrogens with zero attached hydrogens (tertiary/aromatic N) is 4. The number of aromatic nitrogens is 1. The van der Waals surface area contributed by atoms with E-state index in [2.05, 4.69) is 4.98 Å². The molecule has 2 aromatic rings. The Morgan fingerprint density at radius 1 is 1.34 bits per heavy atom. The van der Waals surface area contributed by atoms with E-state index in [1.165, 1.54) is 18.2 Å². The van der Waals surface area contributed by atoms with Crippen LogP contribution in [0.25, 0.3) is 0 Å². The van der Waals surface area contributed by atoms with Gasteiger partial charge >= 0.3 is 6.09 Å². The first-order chi connectivity index (χ1) is 15.5. The molecule has 0 spiro atoms. The summed E-state index contributed by atoms with van der Waals surface area (Å²) in [4.78, 5) is 20.3. The fraction of sp³-hybridized carbons (Fsp3) is 0.435. The minimum atomic E-state index is -0.507. The Morgan fingerprint density at radius 2 is 2.19 bits per heavy atom.